The number of nitrogens with one attached hydrogen (secondary N) is 1. The number of carbonyl (C=O) groups excluding carboxylic acids is 1. The molecule has 0 aliphatic heterocycles. The average molecular weight is 408 g/mol. The summed E-state index contributed by atoms with van der Waals surface area (Å²) in [7, 11) is 0. The van der Waals surface area contributed by atoms with E-state index in [1.54, 1.807) is 17.5 Å². The molecule has 0 fully saturated rings. The molecule has 6 heteroatoms. The number of rotatable bonds is 4. The first kappa shape index (κ1) is 19.0. The number of aryl methyl sites for hydroxylation is 1. The molecule has 1 N–H and O–H groups in total. The lowest BCUT2D eigenvalue weighted by atomic mass is 10.1. The number of hydrogen-bond acceptors (Lipinski definition) is 5. The summed E-state index contributed by atoms with van der Waals surface area (Å²) in [5.41, 5.74) is 2.75. The number of anilines is 1. The maximum atomic E-state index is 12.9. The number of benzene rings is 1. The fourth-order valence-electron chi connectivity index (χ4n) is 3.58. The largest absolute Gasteiger partial charge is 0.316 e. The van der Waals surface area contributed by atoms with Crippen LogP contribution >= 0.6 is 23.1 Å². The molecule has 1 aliphatic carbocycles. The zero-order valence-electron chi connectivity index (χ0n) is 15.7. The fraction of sp³-hybridized carbons (Fsp3) is 0.318. The SMILES string of the molecule is CC(Sc1ccnc2ccccc12)C(=O)Nc1sc2c(c1C#N)CCCCC2. The number of hydrogen-bond donors (Lipinski definition) is 1. The molecule has 2 heterocycles. The van der Waals surface area contributed by atoms with E-state index in [0.29, 0.717) is 10.6 Å². The molecule has 28 heavy (non-hydrogen) atoms. The number of aromatic nitrogens is 1. The van der Waals surface area contributed by atoms with Gasteiger partial charge in [0.15, 0.2) is 0 Å². The molecule has 1 aliphatic rings. The molecule has 4 nitrogen and oxygen atoms in total. The number of amides is 1. The Bertz CT molecular complexity index is 1060. The van der Waals surface area contributed by atoms with Crippen molar-refractivity contribution >= 4 is 44.9 Å². The van der Waals surface area contributed by atoms with Crippen LogP contribution in [0.5, 0.6) is 0 Å². The van der Waals surface area contributed by atoms with Gasteiger partial charge in [-0.2, -0.15) is 5.26 Å². The Morgan fingerprint density at radius 2 is 2.07 bits per heavy atom. The summed E-state index contributed by atoms with van der Waals surface area (Å²) in [4.78, 5) is 19.5. The van der Waals surface area contributed by atoms with Crippen molar-refractivity contribution < 1.29 is 4.79 Å². The molecular weight excluding hydrogens is 386 g/mol. The number of thiophene rings is 1. The zero-order chi connectivity index (χ0) is 19.5. The minimum absolute atomic E-state index is 0.0706. The first-order valence-corrected chi connectivity index (χ1v) is 11.2. The minimum Gasteiger partial charge on any atom is -0.316 e. The van der Waals surface area contributed by atoms with Crippen LogP contribution in [-0.4, -0.2) is 16.1 Å². The molecule has 1 aromatic carbocycles. The summed E-state index contributed by atoms with van der Waals surface area (Å²) in [6.07, 6.45) is 7.22. The van der Waals surface area contributed by atoms with Gasteiger partial charge in [0.2, 0.25) is 5.91 Å². The van der Waals surface area contributed by atoms with Crippen molar-refractivity contribution in [2.75, 3.05) is 5.32 Å². The van der Waals surface area contributed by atoms with Gasteiger partial charge >= 0.3 is 0 Å². The van der Waals surface area contributed by atoms with Gasteiger partial charge in [-0.1, -0.05) is 24.6 Å². The molecule has 1 unspecified atom stereocenters. The highest BCUT2D eigenvalue weighted by atomic mass is 32.2. The highest BCUT2D eigenvalue weighted by Crippen LogP contribution is 2.38. The lowest BCUT2D eigenvalue weighted by Gasteiger charge is -2.13. The lowest BCUT2D eigenvalue weighted by Crippen LogP contribution is -2.22. The second-order valence-electron chi connectivity index (χ2n) is 6.96. The van der Waals surface area contributed by atoms with Crippen LogP contribution in [0, 0.1) is 11.3 Å². The van der Waals surface area contributed by atoms with E-state index >= 15 is 0 Å². The Kier molecular flexibility index (Phi) is 5.65. The van der Waals surface area contributed by atoms with E-state index in [2.05, 4.69) is 16.4 Å². The molecule has 142 valence electrons. The van der Waals surface area contributed by atoms with Crippen LogP contribution in [0.3, 0.4) is 0 Å². The van der Waals surface area contributed by atoms with Gasteiger partial charge in [-0.05, 0) is 50.3 Å². The van der Waals surface area contributed by atoms with Crippen LogP contribution in [0.1, 0.15) is 42.2 Å². The monoisotopic (exact) mass is 407 g/mol. The number of nitriles is 1. The van der Waals surface area contributed by atoms with Crippen LogP contribution < -0.4 is 5.32 Å². The Labute approximate surface area is 173 Å². The number of carbonyl (C=O) groups is 1. The normalized spacial score (nSPS) is 14.7. The molecule has 4 rings (SSSR count). The highest BCUT2D eigenvalue weighted by molar-refractivity contribution is 8.00. The maximum Gasteiger partial charge on any atom is 0.238 e. The third kappa shape index (κ3) is 3.78. The van der Waals surface area contributed by atoms with Crippen molar-refractivity contribution in [2.45, 2.75) is 49.2 Å². The third-order valence-corrected chi connectivity index (χ3v) is 7.44. The maximum absolute atomic E-state index is 12.9. The lowest BCUT2D eigenvalue weighted by molar-refractivity contribution is -0.115. The summed E-state index contributed by atoms with van der Waals surface area (Å²) in [6.45, 7) is 1.90. The first-order chi connectivity index (χ1) is 13.7. The third-order valence-electron chi connectivity index (χ3n) is 5.05. The van der Waals surface area contributed by atoms with Gasteiger partial charge in [-0.15, -0.1) is 23.1 Å². The molecule has 1 amide bonds. The Morgan fingerprint density at radius 1 is 1.25 bits per heavy atom. The van der Waals surface area contributed by atoms with Crippen molar-refractivity contribution in [1.82, 2.24) is 4.98 Å². The van der Waals surface area contributed by atoms with E-state index in [-0.39, 0.29) is 11.2 Å². The second kappa shape index (κ2) is 8.34. The van der Waals surface area contributed by atoms with E-state index in [9.17, 15) is 10.1 Å². The predicted molar refractivity (Wildman–Crippen MR) is 116 cm³/mol. The fourth-order valence-corrected chi connectivity index (χ4v) is 5.81. The number of nitrogens with zero attached hydrogens (tertiary/aromatic N) is 2. The van der Waals surface area contributed by atoms with Gasteiger partial charge in [-0.25, -0.2) is 0 Å². The molecule has 0 spiro atoms. The van der Waals surface area contributed by atoms with E-state index in [4.69, 9.17) is 0 Å². The van der Waals surface area contributed by atoms with Gasteiger partial charge in [-0.3, -0.25) is 9.78 Å². The molecule has 0 radical (unpaired) electrons. The topological polar surface area (TPSA) is 65.8 Å². The van der Waals surface area contributed by atoms with Gasteiger partial charge < -0.3 is 5.32 Å². The second-order valence-corrected chi connectivity index (χ2v) is 9.44. The first-order valence-electron chi connectivity index (χ1n) is 9.53. The molecular formula is C22H21N3OS2. The molecule has 0 saturated heterocycles. The quantitative estimate of drug-likeness (QED) is 0.454. The summed E-state index contributed by atoms with van der Waals surface area (Å²) in [6, 6.07) is 12.2. The molecule has 0 saturated carbocycles. The Hall–Kier alpha value is -2.36. The molecule has 1 atom stereocenters. The van der Waals surface area contributed by atoms with Crippen LogP contribution in [-0.2, 0) is 17.6 Å². The van der Waals surface area contributed by atoms with Crippen LogP contribution in [0.2, 0.25) is 0 Å². The zero-order valence-corrected chi connectivity index (χ0v) is 17.3. The highest BCUT2D eigenvalue weighted by Gasteiger charge is 2.23. The van der Waals surface area contributed by atoms with Crippen LogP contribution in [0.15, 0.2) is 41.4 Å². The summed E-state index contributed by atoms with van der Waals surface area (Å²) >= 11 is 3.10. The van der Waals surface area contributed by atoms with E-state index in [1.165, 1.54) is 23.1 Å². The number of pyridine rings is 1. The van der Waals surface area contributed by atoms with Gasteiger partial charge in [0.05, 0.1) is 16.3 Å². The van der Waals surface area contributed by atoms with Gasteiger partial charge in [0.1, 0.15) is 11.1 Å². The van der Waals surface area contributed by atoms with E-state index in [0.717, 1.165) is 47.0 Å². The molecule has 2 aromatic heterocycles. The minimum atomic E-state index is -0.278. The van der Waals surface area contributed by atoms with E-state index < -0.39 is 0 Å². The molecule has 3 aromatic rings. The number of thioether (sulfide) groups is 1. The summed E-state index contributed by atoms with van der Waals surface area (Å²) in [5, 5.41) is 14.2. The smallest absolute Gasteiger partial charge is 0.238 e. The number of fused-ring (bicyclic) bond motifs is 2. The predicted octanol–water partition coefficient (Wildman–Crippen LogP) is 5.56. The van der Waals surface area contributed by atoms with Crippen molar-refractivity contribution in [1.29, 1.82) is 5.26 Å². The van der Waals surface area contributed by atoms with Crippen molar-refractivity contribution in [2.24, 2.45) is 0 Å². The number of para-hydroxylation sites is 1. The average Bonchev–Trinajstić information content (AvgIpc) is 2.87. The summed E-state index contributed by atoms with van der Waals surface area (Å²) in [5.74, 6) is -0.0706. The van der Waals surface area contributed by atoms with Crippen molar-refractivity contribution in [3.8, 4) is 6.07 Å². The van der Waals surface area contributed by atoms with E-state index in [1.807, 2.05) is 37.3 Å². The van der Waals surface area contributed by atoms with Crippen molar-refractivity contribution in [3.63, 3.8) is 0 Å². The van der Waals surface area contributed by atoms with Crippen LogP contribution in [0.4, 0.5) is 5.00 Å². The van der Waals surface area contributed by atoms with Gasteiger partial charge in [0.25, 0.3) is 0 Å². The van der Waals surface area contributed by atoms with Crippen LogP contribution in [0.25, 0.3) is 10.9 Å². The van der Waals surface area contributed by atoms with Gasteiger partial charge in [0, 0.05) is 21.4 Å². The summed E-state index contributed by atoms with van der Waals surface area (Å²) < 4.78 is 0. The molecule has 0 bridgehead atoms. The Morgan fingerprint density at radius 3 is 2.93 bits per heavy atom. The standard InChI is InChI=1S/C22H21N3OS2/c1-14(27-20-11-12-24-18-9-6-5-8-16(18)20)21(26)25-22-17(13-23)15-7-3-2-4-10-19(15)28-22/h5-6,8-9,11-12,14H,2-4,7,10H2,1H3,(H,25,26). The Balaban J connectivity index is 1.53. The van der Waals surface area contributed by atoms with Crippen molar-refractivity contribution in [3.05, 3.63) is 52.5 Å².